The highest BCUT2D eigenvalue weighted by molar-refractivity contribution is 7.17. The average molecular weight is 403 g/mol. The van der Waals surface area contributed by atoms with Crippen molar-refractivity contribution in [2.24, 2.45) is 5.92 Å². The Bertz CT molecular complexity index is 840. The summed E-state index contributed by atoms with van der Waals surface area (Å²) in [5, 5.41) is 12.7. The predicted molar refractivity (Wildman–Crippen MR) is 110 cm³/mol. The van der Waals surface area contributed by atoms with Gasteiger partial charge in [0.2, 0.25) is 12.0 Å². The molecule has 2 aromatic rings. The van der Waals surface area contributed by atoms with Gasteiger partial charge in [-0.1, -0.05) is 30.9 Å². The van der Waals surface area contributed by atoms with Gasteiger partial charge in [0.25, 0.3) is 0 Å². The Morgan fingerprint density at radius 3 is 2.96 bits per heavy atom. The number of aliphatic hydroxyl groups excluding tert-OH is 1. The number of ether oxygens (including phenoxy) is 3. The van der Waals surface area contributed by atoms with E-state index in [4.69, 9.17) is 14.2 Å². The van der Waals surface area contributed by atoms with E-state index in [1.807, 2.05) is 25.1 Å². The highest BCUT2D eigenvalue weighted by Crippen LogP contribution is 2.43. The van der Waals surface area contributed by atoms with E-state index in [1.54, 1.807) is 11.3 Å². The molecule has 28 heavy (non-hydrogen) atoms. The minimum atomic E-state index is -0.573. The van der Waals surface area contributed by atoms with Crippen molar-refractivity contribution in [3.05, 3.63) is 59.7 Å². The third kappa shape index (κ3) is 4.46. The van der Waals surface area contributed by atoms with Crippen LogP contribution in [0.4, 0.5) is 0 Å². The van der Waals surface area contributed by atoms with Gasteiger partial charge in [-0.2, -0.15) is 0 Å². The molecule has 0 fully saturated rings. The van der Waals surface area contributed by atoms with Crippen LogP contribution in [0.2, 0.25) is 0 Å². The number of fused-ring (bicyclic) bond motifs is 1. The lowest BCUT2D eigenvalue weighted by Gasteiger charge is -2.36. The molecular weight excluding hydrogens is 376 g/mol. The number of allylic oxidation sites excluding steroid dienone is 1. The van der Waals surface area contributed by atoms with Crippen molar-refractivity contribution in [2.45, 2.75) is 32.0 Å². The average Bonchev–Trinajstić information content (AvgIpc) is 3.14. The van der Waals surface area contributed by atoms with Gasteiger partial charge in [0.1, 0.15) is 6.61 Å². The first kappa shape index (κ1) is 20.6. The van der Waals surface area contributed by atoms with Crippen molar-refractivity contribution >= 4 is 27.4 Å². The number of aliphatic hydroxyl groups is 1. The molecule has 150 valence electrons. The molecule has 0 bridgehead atoms. The first-order valence-corrected chi connectivity index (χ1v) is 10.4. The van der Waals surface area contributed by atoms with Crippen LogP contribution in [0.1, 0.15) is 31.2 Å². The molecule has 3 rings (SSSR count). The summed E-state index contributed by atoms with van der Waals surface area (Å²) in [4.78, 5) is 12.5. The van der Waals surface area contributed by atoms with E-state index in [2.05, 4.69) is 24.1 Å². The maximum absolute atomic E-state index is 12.5. The molecule has 0 saturated carbocycles. The van der Waals surface area contributed by atoms with Gasteiger partial charge in [-0.25, -0.2) is 4.79 Å². The molecule has 1 aromatic heterocycles. The number of benzene rings is 1. The standard InChI is InChI=1S/C22H26O5S/c1-3-12-26-21(24)19-13-17(16(9-7-11-23)22(27-19)25-4-2)18-14-28-20-10-6-5-8-15(18)20/h3,5-6,8,10,13-14,16-17,22-23H,1,4,7,9,11-12H2,2H3/t16-,17+,22-/m0/s1. The van der Waals surface area contributed by atoms with Gasteiger partial charge in [0.15, 0.2) is 0 Å². The Morgan fingerprint density at radius 1 is 1.39 bits per heavy atom. The molecule has 1 aromatic carbocycles. The Labute approximate surface area is 169 Å². The summed E-state index contributed by atoms with van der Waals surface area (Å²) in [6.45, 7) is 6.16. The van der Waals surface area contributed by atoms with Gasteiger partial charge in [0.05, 0.1) is 0 Å². The number of rotatable bonds is 9. The smallest absolute Gasteiger partial charge is 0.373 e. The summed E-state index contributed by atoms with van der Waals surface area (Å²) in [5.74, 6) is -0.434. The molecule has 3 atom stereocenters. The molecule has 2 heterocycles. The van der Waals surface area contributed by atoms with Crippen molar-refractivity contribution in [3.63, 3.8) is 0 Å². The lowest BCUT2D eigenvalue weighted by molar-refractivity contribution is -0.175. The van der Waals surface area contributed by atoms with Crippen LogP contribution >= 0.6 is 11.3 Å². The summed E-state index contributed by atoms with van der Waals surface area (Å²) < 4.78 is 18.1. The quantitative estimate of drug-likeness (QED) is 0.498. The van der Waals surface area contributed by atoms with E-state index >= 15 is 0 Å². The van der Waals surface area contributed by atoms with Crippen molar-refractivity contribution < 1.29 is 24.1 Å². The van der Waals surface area contributed by atoms with E-state index in [-0.39, 0.29) is 30.8 Å². The van der Waals surface area contributed by atoms with Crippen LogP contribution in [0, 0.1) is 5.92 Å². The van der Waals surface area contributed by atoms with Crippen molar-refractivity contribution in [2.75, 3.05) is 19.8 Å². The number of carbonyl (C=O) groups is 1. The van der Waals surface area contributed by atoms with Crippen LogP contribution in [-0.2, 0) is 19.0 Å². The fourth-order valence-corrected chi connectivity index (χ4v) is 4.58. The molecule has 6 heteroatoms. The van der Waals surface area contributed by atoms with Gasteiger partial charge in [-0.15, -0.1) is 11.3 Å². The van der Waals surface area contributed by atoms with Crippen LogP contribution in [0.25, 0.3) is 10.1 Å². The van der Waals surface area contributed by atoms with Crippen LogP contribution in [0.3, 0.4) is 0 Å². The second-order valence-corrected chi connectivity index (χ2v) is 7.51. The first-order chi connectivity index (χ1) is 13.7. The number of carbonyl (C=O) groups excluding carboxylic acids is 1. The summed E-state index contributed by atoms with van der Waals surface area (Å²) in [6, 6.07) is 8.23. The highest BCUT2D eigenvalue weighted by atomic mass is 32.1. The zero-order valence-corrected chi connectivity index (χ0v) is 16.8. The van der Waals surface area contributed by atoms with Crippen molar-refractivity contribution in [3.8, 4) is 0 Å². The van der Waals surface area contributed by atoms with Gasteiger partial charge in [-0.05, 0) is 48.2 Å². The lowest BCUT2D eigenvalue weighted by Crippen LogP contribution is -2.36. The van der Waals surface area contributed by atoms with E-state index in [0.29, 0.717) is 13.0 Å². The topological polar surface area (TPSA) is 65.0 Å². The molecule has 0 unspecified atom stereocenters. The number of esters is 1. The van der Waals surface area contributed by atoms with Crippen LogP contribution in [0.15, 0.2) is 54.1 Å². The van der Waals surface area contributed by atoms with Gasteiger partial charge >= 0.3 is 5.97 Å². The van der Waals surface area contributed by atoms with E-state index in [1.165, 1.54) is 16.2 Å². The van der Waals surface area contributed by atoms with Crippen LogP contribution in [0.5, 0.6) is 0 Å². The normalized spacial score (nSPS) is 21.8. The predicted octanol–water partition coefficient (Wildman–Crippen LogP) is 4.38. The zero-order chi connectivity index (χ0) is 19.9. The third-order valence-corrected chi connectivity index (χ3v) is 5.80. The number of thiophene rings is 1. The van der Waals surface area contributed by atoms with E-state index in [0.717, 1.165) is 12.0 Å². The van der Waals surface area contributed by atoms with Gasteiger partial charge < -0.3 is 19.3 Å². The SMILES string of the molecule is C=CCOC(=O)C1=C[C@@H](c2csc3ccccc23)[C@H](CCCO)[C@@H](OCC)O1. The maximum atomic E-state index is 12.5. The number of hydrogen-bond acceptors (Lipinski definition) is 6. The second kappa shape index (κ2) is 9.87. The zero-order valence-electron chi connectivity index (χ0n) is 16.0. The molecule has 0 aliphatic carbocycles. The molecule has 0 amide bonds. The minimum Gasteiger partial charge on any atom is -0.457 e. The lowest BCUT2D eigenvalue weighted by atomic mass is 9.80. The Morgan fingerprint density at radius 2 is 2.21 bits per heavy atom. The van der Waals surface area contributed by atoms with Gasteiger partial charge in [-0.3, -0.25) is 0 Å². The van der Waals surface area contributed by atoms with E-state index < -0.39 is 12.3 Å². The first-order valence-electron chi connectivity index (χ1n) is 9.54. The molecule has 1 aliphatic rings. The molecule has 5 nitrogen and oxygen atoms in total. The molecule has 0 spiro atoms. The summed E-state index contributed by atoms with van der Waals surface area (Å²) >= 11 is 1.68. The molecule has 0 saturated heterocycles. The van der Waals surface area contributed by atoms with Crippen LogP contribution < -0.4 is 0 Å². The fourth-order valence-electron chi connectivity index (χ4n) is 3.57. The third-order valence-electron chi connectivity index (χ3n) is 4.81. The molecular formula is C22H26O5S. The summed E-state index contributed by atoms with van der Waals surface area (Å²) in [7, 11) is 0. The summed E-state index contributed by atoms with van der Waals surface area (Å²) in [6.07, 6.45) is 4.16. The fraction of sp³-hybridized carbons (Fsp3) is 0.409. The van der Waals surface area contributed by atoms with Crippen LogP contribution in [-0.4, -0.2) is 37.2 Å². The maximum Gasteiger partial charge on any atom is 0.373 e. The summed E-state index contributed by atoms with van der Waals surface area (Å²) in [5.41, 5.74) is 1.14. The van der Waals surface area contributed by atoms with Crippen molar-refractivity contribution in [1.29, 1.82) is 0 Å². The van der Waals surface area contributed by atoms with Crippen molar-refractivity contribution in [1.82, 2.24) is 0 Å². The molecule has 1 aliphatic heterocycles. The Kier molecular flexibility index (Phi) is 7.25. The highest BCUT2D eigenvalue weighted by Gasteiger charge is 2.39. The van der Waals surface area contributed by atoms with Gasteiger partial charge in [0, 0.05) is 29.7 Å². The molecule has 1 N–H and O–H groups in total. The molecule has 0 radical (unpaired) electrons. The minimum absolute atomic E-state index is 0.0129. The second-order valence-electron chi connectivity index (χ2n) is 6.60. The Hall–Kier alpha value is -2.15. The van der Waals surface area contributed by atoms with E-state index in [9.17, 15) is 9.90 Å². The number of hydrogen-bond donors (Lipinski definition) is 1. The Balaban J connectivity index is 2.02. The largest absolute Gasteiger partial charge is 0.457 e. The monoisotopic (exact) mass is 402 g/mol.